The first-order chi connectivity index (χ1) is 13.7. The first-order valence-electron chi connectivity index (χ1n) is 8.89. The van der Waals surface area contributed by atoms with Gasteiger partial charge in [-0.25, -0.2) is 4.98 Å². The van der Waals surface area contributed by atoms with E-state index < -0.39 is 23.2 Å². The molecule has 1 aromatic heterocycles. The van der Waals surface area contributed by atoms with Crippen LogP contribution in [0.2, 0.25) is 0 Å². The van der Waals surface area contributed by atoms with Crippen LogP contribution < -0.4 is 10.9 Å². The number of aromatic amines is 1. The van der Waals surface area contributed by atoms with Gasteiger partial charge in [-0.2, -0.15) is 13.2 Å². The summed E-state index contributed by atoms with van der Waals surface area (Å²) >= 11 is 0. The van der Waals surface area contributed by atoms with Crippen molar-refractivity contribution in [2.24, 2.45) is 0 Å². The van der Waals surface area contributed by atoms with Crippen molar-refractivity contribution < 1.29 is 18.0 Å². The number of hydrogen-bond acceptors (Lipinski definition) is 3. The summed E-state index contributed by atoms with van der Waals surface area (Å²) in [6, 6.07) is 11.0. The SMILES string of the molecule is CCc1c(C)nc(-c2ccccc2NC(=O)c2ccccc2C(F)(F)F)[nH]c1=O. The number of para-hydroxylation sites is 1. The largest absolute Gasteiger partial charge is 0.417 e. The van der Waals surface area contributed by atoms with Crippen LogP contribution in [0.1, 0.15) is 34.1 Å². The van der Waals surface area contributed by atoms with Gasteiger partial charge in [-0.3, -0.25) is 9.59 Å². The summed E-state index contributed by atoms with van der Waals surface area (Å²) in [5.74, 6) is -0.681. The molecule has 0 spiro atoms. The normalized spacial score (nSPS) is 11.3. The Hall–Kier alpha value is -3.42. The predicted octanol–water partition coefficient (Wildman–Crippen LogP) is 4.58. The molecule has 0 saturated carbocycles. The van der Waals surface area contributed by atoms with Crippen LogP contribution in [0.3, 0.4) is 0 Å². The van der Waals surface area contributed by atoms with E-state index in [1.54, 1.807) is 25.1 Å². The molecule has 0 aliphatic heterocycles. The van der Waals surface area contributed by atoms with Crippen LogP contribution in [0, 0.1) is 6.92 Å². The first kappa shape index (κ1) is 20.3. The molecule has 1 heterocycles. The molecule has 0 atom stereocenters. The number of nitrogens with one attached hydrogen (secondary N) is 2. The third kappa shape index (κ3) is 4.21. The fourth-order valence-electron chi connectivity index (χ4n) is 3.07. The van der Waals surface area contributed by atoms with Gasteiger partial charge in [0.2, 0.25) is 0 Å². The summed E-state index contributed by atoms with van der Waals surface area (Å²) in [4.78, 5) is 31.9. The molecule has 5 nitrogen and oxygen atoms in total. The molecule has 1 amide bonds. The van der Waals surface area contributed by atoms with Crippen LogP contribution in [-0.2, 0) is 12.6 Å². The van der Waals surface area contributed by atoms with E-state index >= 15 is 0 Å². The van der Waals surface area contributed by atoms with E-state index in [0.717, 1.165) is 12.1 Å². The monoisotopic (exact) mass is 401 g/mol. The van der Waals surface area contributed by atoms with Crippen molar-refractivity contribution in [2.75, 3.05) is 5.32 Å². The highest BCUT2D eigenvalue weighted by Crippen LogP contribution is 2.33. The molecule has 2 N–H and O–H groups in total. The smallest absolute Gasteiger partial charge is 0.321 e. The number of alkyl halides is 3. The molecule has 8 heteroatoms. The highest BCUT2D eigenvalue weighted by molar-refractivity contribution is 6.07. The van der Waals surface area contributed by atoms with Crippen molar-refractivity contribution in [2.45, 2.75) is 26.4 Å². The Morgan fingerprint density at radius 1 is 1.10 bits per heavy atom. The summed E-state index contributed by atoms with van der Waals surface area (Å²) in [6.45, 7) is 3.55. The van der Waals surface area contributed by atoms with E-state index in [4.69, 9.17) is 0 Å². The lowest BCUT2D eigenvalue weighted by molar-refractivity contribution is -0.137. The van der Waals surface area contributed by atoms with E-state index in [-0.39, 0.29) is 17.1 Å². The van der Waals surface area contributed by atoms with E-state index in [0.29, 0.717) is 23.2 Å². The number of H-pyrrole nitrogens is 1. The van der Waals surface area contributed by atoms with Gasteiger partial charge in [0.05, 0.1) is 16.8 Å². The molecule has 0 fully saturated rings. The summed E-state index contributed by atoms with van der Waals surface area (Å²) in [5, 5.41) is 2.50. The third-order valence-corrected chi connectivity index (χ3v) is 4.48. The minimum Gasteiger partial charge on any atom is -0.321 e. The highest BCUT2D eigenvalue weighted by atomic mass is 19.4. The van der Waals surface area contributed by atoms with Gasteiger partial charge in [0.1, 0.15) is 5.82 Å². The molecule has 3 aromatic rings. The molecule has 0 bridgehead atoms. The molecule has 0 unspecified atom stereocenters. The minimum atomic E-state index is -4.66. The number of carbonyl (C=O) groups is 1. The molecule has 0 saturated heterocycles. The van der Waals surface area contributed by atoms with E-state index in [1.807, 2.05) is 6.92 Å². The van der Waals surface area contributed by atoms with Crippen LogP contribution in [0.4, 0.5) is 18.9 Å². The number of amides is 1. The van der Waals surface area contributed by atoms with E-state index in [1.165, 1.54) is 18.2 Å². The Balaban J connectivity index is 2.02. The fourth-order valence-corrected chi connectivity index (χ4v) is 3.07. The van der Waals surface area contributed by atoms with Crippen molar-refractivity contribution in [1.82, 2.24) is 9.97 Å². The second-order valence-corrected chi connectivity index (χ2v) is 6.38. The maximum absolute atomic E-state index is 13.2. The lowest BCUT2D eigenvalue weighted by Gasteiger charge is -2.15. The number of anilines is 1. The predicted molar refractivity (Wildman–Crippen MR) is 104 cm³/mol. The lowest BCUT2D eigenvalue weighted by atomic mass is 10.1. The topological polar surface area (TPSA) is 74.8 Å². The van der Waals surface area contributed by atoms with Gasteiger partial charge < -0.3 is 10.3 Å². The average Bonchev–Trinajstić information content (AvgIpc) is 2.67. The Kier molecular flexibility index (Phi) is 5.54. The van der Waals surface area contributed by atoms with E-state index in [2.05, 4.69) is 15.3 Å². The van der Waals surface area contributed by atoms with Gasteiger partial charge >= 0.3 is 6.18 Å². The first-order valence-corrected chi connectivity index (χ1v) is 8.89. The zero-order valence-electron chi connectivity index (χ0n) is 15.7. The number of nitrogens with zero attached hydrogens (tertiary/aromatic N) is 1. The second kappa shape index (κ2) is 7.90. The summed E-state index contributed by atoms with van der Waals surface area (Å²) in [5.41, 5.74) is -0.0735. The number of hydrogen-bond donors (Lipinski definition) is 2. The Morgan fingerprint density at radius 3 is 2.41 bits per heavy atom. The molecular weight excluding hydrogens is 383 g/mol. The number of carbonyl (C=O) groups excluding carboxylic acids is 1. The van der Waals surface area contributed by atoms with Gasteiger partial charge in [-0.1, -0.05) is 31.2 Å². The molecule has 0 aliphatic rings. The molecule has 150 valence electrons. The van der Waals surface area contributed by atoms with Crippen molar-refractivity contribution >= 4 is 11.6 Å². The number of aromatic nitrogens is 2. The fraction of sp³-hybridized carbons (Fsp3) is 0.190. The summed E-state index contributed by atoms with van der Waals surface area (Å²) in [6.07, 6.45) is -4.14. The average molecular weight is 401 g/mol. The van der Waals surface area contributed by atoms with Crippen LogP contribution in [0.25, 0.3) is 11.4 Å². The Labute approximate surface area is 164 Å². The number of aryl methyl sites for hydroxylation is 1. The Morgan fingerprint density at radius 2 is 1.76 bits per heavy atom. The van der Waals surface area contributed by atoms with Gasteiger partial charge in [0.15, 0.2) is 0 Å². The summed E-state index contributed by atoms with van der Waals surface area (Å²) in [7, 11) is 0. The van der Waals surface area contributed by atoms with Crippen molar-refractivity contribution in [1.29, 1.82) is 0 Å². The standard InChI is InChI=1S/C21H18F3N3O2/c1-3-13-12(2)25-18(27-19(13)28)15-9-5-7-11-17(15)26-20(29)14-8-4-6-10-16(14)21(22,23)24/h4-11H,3H2,1-2H3,(H,26,29)(H,25,27,28). The van der Waals surface area contributed by atoms with Crippen LogP contribution in [-0.4, -0.2) is 15.9 Å². The molecule has 0 aliphatic carbocycles. The molecule has 2 aromatic carbocycles. The van der Waals surface area contributed by atoms with Gasteiger partial charge in [0.25, 0.3) is 11.5 Å². The number of halogens is 3. The molecule has 29 heavy (non-hydrogen) atoms. The zero-order chi connectivity index (χ0) is 21.2. The minimum absolute atomic E-state index is 0.227. The van der Waals surface area contributed by atoms with Crippen molar-refractivity contribution in [3.8, 4) is 11.4 Å². The maximum Gasteiger partial charge on any atom is 0.417 e. The number of rotatable bonds is 4. The summed E-state index contributed by atoms with van der Waals surface area (Å²) < 4.78 is 39.7. The zero-order valence-corrected chi connectivity index (χ0v) is 15.7. The highest BCUT2D eigenvalue weighted by Gasteiger charge is 2.35. The molecule has 0 radical (unpaired) electrons. The van der Waals surface area contributed by atoms with Crippen LogP contribution >= 0.6 is 0 Å². The molecular formula is C21H18F3N3O2. The van der Waals surface area contributed by atoms with Gasteiger partial charge in [0, 0.05) is 16.8 Å². The van der Waals surface area contributed by atoms with Crippen molar-refractivity contribution in [3.63, 3.8) is 0 Å². The molecule has 3 rings (SSSR count). The van der Waals surface area contributed by atoms with Gasteiger partial charge in [-0.05, 0) is 37.6 Å². The maximum atomic E-state index is 13.2. The van der Waals surface area contributed by atoms with E-state index in [9.17, 15) is 22.8 Å². The number of benzene rings is 2. The third-order valence-electron chi connectivity index (χ3n) is 4.48. The van der Waals surface area contributed by atoms with Crippen LogP contribution in [0.5, 0.6) is 0 Å². The second-order valence-electron chi connectivity index (χ2n) is 6.38. The van der Waals surface area contributed by atoms with Crippen LogP contribution in [0.15, 0.2) is 53.3 Å². The lowest BCUT2D eigenvalue weighted by Crippen LogP contribution is -2.20. The van der Waals surface area contributed by atoms with Gasteiger partial charge in [-0.15, -0.1) is 0 Å². The Bertz CT molecular complexity index is 1120. The van der Waals surface area contributed by atoms with Crippen molar-refractivity contribution in [3.05, 3.63) is 81.3 Å². The quantitative estimate of drug-likeness (QED) is 0.672.